The van der Waals surface area contributed by atoms with Crippen LogP contribution in [-0.2, 0) is 0 Å². The van der Waals surface area contributed by atoms with Crippen molar-refractivity contribution in [2.75, 3.05) is 11.9 Å². The second-order valence-corrected chi connectivity index (χ2v) is 7.79. The summed E-state index contributed by atoms with van der Waals surface area (Å²) >= 11 is 0. The number of aromatic nitrogens is 1. The van der Waals surface area contributed by atoms with Crippen molar-refractivity contribution in [1.82, 2.24) is 4.98 Å². The lowest BCUT2D eigenvalue weighted by atomic mass is 9.98. The highest BCUT2D eigenvalue weighted by Crippen LogP contribution is 2.45. The fourth-order valence-corrected chi connectivity index (χ4v) is 4.31. The van der Waals surface area contributed by atoms with Crippen LogP contribution >= 0.6 is 0 Å². The summed E-state index contributed by atoms with van der Waals surface area (Å²) in [4.78, 5) is 6.91. The third kappa shape index (κ3) is 2.50. The lowest BCUT2D eigenvalue weighted by molar-refractivity contribution is 0.237. The number of benzene rings is 4. The van der Waals surface area contributed by atoms with Crippen LogP contribution < -0.4 is 9.64 Å². The highest BCUT2D eigenvalue weighted by molar-refractivity contribution is 5.98. The second-order valence-electron chi connectivity index (χ2n) is 7.79. The van der Waals surface area contributed by atoms with E-state index in [1.807, 2.05) is 24.3 Å². The fraction of sp³-hybridized carbons (Fsp3) is 0.115. The molecule has 0 radical (unpaired) electrons. The number of hydrogen-bond acceptors (Lipinski definition) is 4. The number of fused-ring (bicyclic) bond motifs is 3. The maximum atomic E-state index is 6.35. The van der Waals surface area contributed by atoms with Gasteiger partial charge < -0.3 is 14.1 Å². The summed E-state index contributed by atoms with van der Waals surface area (Å²) < 4.78 is 12.4. The monoisotopic (exact) mass is 392 g/mol. The maximum Gasteiger partial charge on any atom is 0.227 e. The first kappa shape index (κ1) is 17.1. The molecular weight excluding hydrogens is 372 g/mol. The summed E-state index contributed by atoms with van der Waals surface area (Å²) in [6, 6.07) is 26.8. The van der Waals surface area contributed by atoms with Crippen LogP contribution in [0.1, 0.15) is 17.4 Å². The highest BCUT2D eigenvalue weighted by Gasteiger charge is 2.31. The van der Waals surface area contributed by atoms with Crippen molar-refractivity contribution in [2.45, 2.75) is 13.2 Å². The molecule has 1 unspecified atom stereocenters. The molecule has 4 heteroatoms. The van der Waals surface area contributed by atoms with Crippen molar-refractivity contribution in [1.29, 1.82) is 0 Å². The van der Waals surface area contributed by atoms with Gasteiger partial charge in [-0.2, -0.15) is 0 Å². The van der Waals surface area contributed by atoms with Crippen molar-refractivity contribution in [2.24, 2.45) is 0 Å². The molecule has 1 aliphatic rings. The first-order valence-electron chi connectivity index (χ1n) is 10.1. The Morgan fingerprint density at radius 2 is 1.67 bits per heavy atom. The minimum absolute atomic E-state index is 0.176. The van der Waals surface area contributed by atoms with Crippen LogP contribution in [-0.4, -0.2) is 12.0 Å². The molecule has 0 saturated heterocycles. The van der Waals surface area contributed by atoms with E-state index < -0.39 is 0 Å². The summed E-state index contributed by atoms with van der Waals surface area (Å²) in [5.74, 6) is 1.55. The molecule has 0 aliphatic carbocycles. The van der Waals surface area contributed by atoms with Crippen LogP contribution in [0.3, 0.4) is 0 Å². The van der Waals surface area contributed by atoms with Crippen molar-refractivity contribution < 1.29 is 9.15 Å². The Hall–Kier alpha value is -3.79. The number of aryl methyl sites for hydroxylation is 1. The van der Waals surface area contributed by atoms with Gasteiger partial charge in [-0.1, -0.05) is 48.5 Å². The van der Waals surface area contributed by atoms with Crippen molar-refractivity contribution in [3.8, 4) is 17.2 Å². The predicted octanol–water partition coefficient (Wildman–Crippen LogP) is 6.48. The van der Waals surface area contributed by atoms with E-state index in [1.54, 1.807) is 0 Å². The number of rotatable bonds is 2. The number of para-hydroxylation sites is 2. The van der Waals surface area contributed by atoms with E-state index in [2.05, 4.69) is 73.5 Å². The normalized spacial score (nSPS) is 15.5. The van der Waals surface area contributed by atoms with E-state index in [0.29, 0.717) is 5.89 Å². The van der Waals surface area contributed by atoms with Gasteiger partial charge in [0.05, 0.1) is 5.69 Å². The highest BCUT2D eigenvalue weighted by atomic mass is 16.5. The van der Waals surface area contributed by atoms with E-state index >= 15 is 0 Å². The standard InChI is InChI=1S/C26H20N2O2/c1-16-11-14-24-22(15-16)28(2)26(30-24)20-13-12-19(17-7-3-4-8-18(17)20)25-27-21-9-5-6-10-23(21)29-25/h3-15,26H,1-2H3. The van der Waals surface area contributed by atoms with E-state index in [1.165, 1.54) is 5.56 Å². The number of ether oxygens (including phenoxy) is 1. The van der Waals surface area contributed by atoms with Gasteiger partial charge in [-0.25, -0.2) is 4.98 Å². The Morgan fingerprint density at radius 1 is 0.867 bits per heavy atom. The maximum absolute atomic E-state index is 6.35. The molecule has 0 N–H and O–H groups in total. The lowest BCUT2D eigenvalue weighted by Crippen LogP contribution is -2.22. The van der Waals surface area contributed by atoms with Gasteiger partial charge in [0.2, 0.25) is 5.89 Å². The molecule has 1 aliphatic heterocycles. The topological polar surface area (TPSA) is 38.5 Å². The molecule has 2 heterocycles. The first-order chi connectivity index (χ1) is 14.7. The number of hydrogen-bond donors (Lipinski definition) is 0. The van der Waals surface area contributed by atoms with Gasteiger partial charge >= 0.3 is 0 Å². The third-order valence-electron chi connectivity index (χ3n) is 5.83. The Balaban J connectivity index is 1.50. The predicted molar refractivity (Wildman–Crippen MR) is 120 cm³/mol. The summed E-state index contributed by atoms with van der Waals surface area (Å²) in [5, 5.41) is 2.24. The molecule has 0 spiro atoms. The van der Waals surface area contributed by atoms with Gasteiger partial charge in [0.1, 0.15) is 11.3 Å². The van der Waals surface area contributed by atoms with Gasteiger partial charge in [0, 0.05) is 18.2 Å². The zero-order valence-electron chi connectivity index (χ0n) is 16.8. The first-order valence-corrected chi connectivity index (χ1v) is 10.1. The average molecular weight is 392 g/mol. The molecule has 30 heavy (non-hydrogen) atoms. The molecule has 146 valence electrons. The molecular formula is C26H20N2O2. The van der Waals surface area contributed by atoms with E-state index in [0.717, 1.165) is 44.4 Å². The van der Waals surface area contributed by atoms with Gasteiger partial charge in [0.25, 0.3) is 0 Å². The lowest BCUT2D eigenvalue weighted by Gasteiger charge is -2.23. The van der Waals surface area contributed by atoms with Gasteiger partial charge in [-0.3, -0.25) is 0 Å². The van der Waals surface area contributed by atoms with Crippen molar-refractivity contribution in [3.63, 3.8) is 0 Å². The number of anilines is 1. The Morgan fingerprint density at radius 3 is 2.53 bits per heavy atom. The van der Waals surface area contributed by atoms with Gasteiger partial charge in [-0.05, 0) is 53.6 Å². The number of nitrogens with zero attached hydrogens (tertiary/aromatic N) is 2. The summed E-state index contributed by atoms with van der Waals surface area (Å²) in [6.07, 6.45) is -0.176. The van der Waals surface area contributed by atoms with Crippen LogP contribution in [0.25, 0.3) is 33.3 Å². The molecule has 0 bridgehead atoms. The smallest absolute Gasteiger partial charge is 0.227 e. The molecule has 4 aromatic carbocycles. The summed E-state index contributed by atoms with van der Waals surface area (Å²) in [6.45, 7) is 2.10. The van der Waals surface area contributed by atoms with Crippen LogP contribution in [0.2, 0.25) is 0 Å². The average Bonchev–Trinajstić information content (AvgIpc) is 3.34. The van der Waals surface area contributed by atoms with E-state index in [4.69, 9.17) is 14.1 Å². The third-order valence-corrected chi connectivity index (χ3v) is 5.83. The Bertz CT molecular complexity index is 1390. The summed E-state index contributed by atoms with van der Waals surface area (Å²) in [7, 11) is 2.08. The van der Waals surface area contributed by atoms with Gasteiger partial charge in [-0.15, -0.1) is 0 Å². The molecule has 4 nitrogen and oxygen atoms in total. The minimum Gasteiger partial charge on any atom is -0.464 e. The molecule has 1 aromatic heterocycles. The zero-order chi connectivity index (χ0) is 20.2. The Labute approximate surface area is 174 Å². The molecule has 0 amide bonds. The van der Waals surface area contributed by atoms with E-state index in [9.17, 15) is 0 Å². The van der Waals surface area contributed by atoms with Crippen LogP contribution in [0.4, 0.5) is 5.69 Å². The SMILES string of the molecule is Cc1ccc2c(c1)N(C)C(c1ccc(-c3nc4ccccc4o3)c3ccccc13)O2. The fourth-order valence-electron chi connectivity index (χ4n) is 4.31. The van der Waals surface area contributed by atoms with Crippen LogP contribution in [0.5, 0.6) is 5.75 Å². The second kappa shape index (κ2) is 6.36. The van der Waals surface area contributed by atoms with Crippen LogP contribution in [0, 0.1) is 6.92 Å². The molecule has 0 fully saturated rings. The summed E-state index contributed by atoms with van der Waals surface area (Å²) in [5.41, 5.74) is 6.12. The van der Waals surface area contributed by atoms with Crippen molar-refractivity contribution in [3.05, 3.63) is 90.0 Å². The van der Waals surface area contributed by atoms with Crippen LogP contribution in [0.15, 0.2) is 83.3 Å². The van der Waals surface area contributed by atoms with Crippen molar-refractivity contribution >= 4 is 27.6 Å². The molecule has 5 aromatic rings. The zero-order valence-corrected chi connectivity index (χ0v) is 16.8. The minimum atomic E-state index is -0.176. The largest absolute Gasteiger partial charge is 0.464 e. The molecule has 1 atom stereocenters. The molecule has 6 rings (SSSR count). The quantitative estimate of drug-likeness (QED) is 0.344. The molecule has 0 saturated carbocycles. The Kier molecular flexibility index (Phi) is 3.62. The van der Waals surface area contributed by atoms with E-state index in [-0.39, 0.29) is 6.23 Å². The number of oxazole rings is 1. The van der Waals surface area contributed by atoms with Gasteiger partial charge in [0.15, 0.2) is 11.8 Å².